The maximum absolute atomic E-state index is 11.8. The van der Waals surface area contributed by atoms with E-state index in [0.29, 0.717) is 0 Å². The molecule has 1 heterocycles. The number of hydrogen-bond donors (Lipinski definition) is 0. The molecule has 0 atom stereocenters. The molecule has 0 aromatic rings. The van der Waals surface area contributed by atoms with Crippen LogP contribution >= 0.6 is 0 Å². The molecule has 0 unspecified atom stereocenters. The van der Waals surface area contributed by atoms with Crippen LogP contribution in [0.2, 0.25) is 0 Å². The second-order valence-electron chi connectivity index (χ2n) is 5.94. The molecule has 0 saturated carbocycles. The molecule has 1 fully saturated rings. The number of carbonyl (C=O) groups excluding carboxylic acids is 3. The number of ketones is 1. The number of carbonyl (C=O) groups is 3. The fourth-order valence-electron chi connectivity index (χ4n) is 1.53. The maximum atomic E-state index is 11.8. The molecule has 1 aliphatic heterocycles. The molecule has 96 valence electrons. The summed E-state index contributed by atoms with van der Waals surface area (Å²) < 4.78 is 5.13. The van der Waals surface area contributed by atoms with Gasteiger partial charge in [-0.2, -0.15) is 0 Å². The molecule has 0 spiro atoms. The molecule has 1 saturated heterocycles. The Hall–Kier alpha value is -1.39. The van der Waals surface area contributed by atoms with Gasteiger partial charge in [0.25, 0.3) is 0 Å². The van der Waals surface area contributed by atoms with Crippen LogP contribution in [0.5, 0.6) is 0 Å². The molecule has 0 aromatic heterocycles. The number of hydrogen-bond acceptors (Lipinski definition) is 4. The van der Waals surface area contributed by atoms with Crippen LogP contribution in [0.25, 0.3) is 0 Å². The first-order valence-electron chi connectivity index (χ1n) is 5.59. The SMILES string of the molecule is CC(C)(C)OC(=O)N1CC(C)(C)C(=O)CC1=O. The van der Waals surface area contributed by atoms with Crippen molar-refractivity contribution in [1.29, 1.82) is 0 Å². The second-order valence-corrected chi connectivity index (χ2v) is 5.94. The van der Waals surface area contributed by atoms with E-state index < -0.39 is 23.0 Å². The van der Waals surface area contributed by atoms with Crippen molar-refractivity contribution in [2.75, 3.05) is 6.54 Å². The third-order valence-corrected chi connectivity index (χ3v) is 2.53. The molecule has 5 heteroatoms. The number of ether oxygens (including phenoxy) is 1. The monoisotopic (exact) mass is 241 g/mol. The molecule has 0 bridgehead atoms. The van der Waals surface area contributed by atoms with Crippen molar-refractivity contribution in [3.05, 3.63) is 0 Å². The summed E-state index contributed by atoms with van der Waals surface area (Å²) in [6.07, 6.45) is -0.908. The first-order chi connectivity index (χ1) is 7.53. The fourth-order valence-corrected chi connectivity index (χ4v) is 1.53. The second kappa shape index (κ2) is 4.13. The van der Waals surface area contributed by atoms with Gasteiger partial charge in [0, 0.05) is 12.0 Å². The van der Waals surface area contributed by atoms with Gasteiger partial charge in [0.2, 0.25) is 5.91 Å². The van der Waals surface area contributed by atoms with Crippen LogP contribution in [0, 0.1) is 5.41 Å². The summed E-state index contributed by atoms with van der Waals surface area (Å²) in [7, 11) is 0. The molecule has 1 aliphatic rings. The Morgan fingerprint density at radius 2 is 1.82 bits per heavy atom. The van der Waals surface area contributed by atoms with Gasteiger partial charge in [0.15, 0.2) is 0 Å². The van der Waals surface area contributed by atoms with Crippen molar-refractivity contribution in [2.45, 2.75) is 46.6 Å². The summed E-state index contributed by atoms with van der Waals surface area (Å²) in [5.41, 5.74) is -1.34. The Balaban J connectivity index is 2.81. The van der Waals surface area contributed by atoms with Crippen LogP contribution in [0.3, 0.4) is 0 Å². The highest BCUT2D eigenvalue weighted by atomic mass is 16.6. The molecule has 0 N–H and O–H groups in total. The number of amides is 2. The summed E-state index contributed by atoms with van der Waals surface area (Å²) in [5, 5.41) is 0. The maximum Gasteiger partial charge on any atom is 0.417 e. The summed E-state index contributed by atoms with van der Waals surface area (Å²) in [6, 6.07) is 0. The summed E-state index contributed by atoms with van der Waals surface area (Å²) >= 11 is 0. The van der Waals surface area contributed by atoms with Crippen LogP contribution < -0.4 is 0 Å². The van der Waals surface area contributed by atoms with Gasteiger partial charge in [0.05, 0.1) is 6.42 Å². The highest BCUT2D eigenvalue weighted by Gasteiger charge is 2.42. The smallest absolute Gasteiger partial charge is 0.417 e. The summed E-state index contributed by atoms with van der Waals surface area (Å²) in [5.74, 6) is -0.620. The molecule has 1 rings (SSSR count). The highest BCUT2D eigenvalue weighted by molar-refractivity contribution is 6.07. The zero-order valence-electron chi connectivity index (χ0n) is 11.0. The van der Waals surface area contributed by atoms with E-state index in [9.17, 15) is 14.4 Å². The van der Waals surface area contributed by atoms with Crippen LogP contribution in [-0.4, -0.2) is 34.8 Å². The standard InChI is InChI=1S/C12H19NO4/c1-11(2,3)17-10(16)13-7-12(4,5)8(14)6-9(13)15/h6-7H2,1-5H3. The van der Waals surface area contributed by atoms with Crippen LogP contribution in [0.1, 0.15) is 41.0 Å². The lowest BCUT2D eigenvalue weighted by Crippen LogP contribution is -2.52. The molecular formula is C12H19NO4. The summed E-state index contributed by atoms with van der Waals surface area (Å²) in [6.45, 7) is 8.72. The molecule has 17 heavy (non-hydrogen) atoms. The number of nitrogens with zero attached hydrogens (tertiary/aromatic N) is 1. The van der Waals surface area contributed by atoms with Gasteiger partial charge in [-0.3, -0.25) is 9.59 Å². The van der Waals surface area contributed by atoms with Gasteiger partial charge in [-0.15, -0.1) is 0 Å². The lowest BCUT2D eigenvalue weighted by atomic mass is 9.82. The van der Waals surface area contributed by atoms with Crippen molar-refractivity contribution in [3.63, 3.8) is 0 Å². The van der Waals surface area contributed by atoms with Crippen molar-refractivity contribution in [2.24, 2.45) is 5.41 Å². The van der Waals surface area contributed by atoms with E-state index in [1.807, 2.05) is 0 Å². The Morgan fingerprint density at radius 1 is 1.29 bits per heavy atom. The van der Waals surface area contributed by atoms with Gasteiger partial charge < -0.3 is 4.74 Å². The van der Waals surface area contributed by atoms with Gasteiger partial charge >= 0.3 is 6.09 Å². The van der Waals surface area contributed by atoms with Crippen LogP contribution in [0.15, 0.2) is 0 Å². The number of imide groups is 1. The Morgan fingerprint density at radius 3 is 2.29 bits per heavy atom. The largest absolute Gasteiger partial charge is 0.443 e. The summed E-state index contributed by atoms with van der Waals surface area (Å²) in [4.78, 5) is 36.0. The van der Waals surface area contributed by atoms with E-state index in [-0.39, 0.29) is 18.7 Å². The Labute approximate surface area is 101 Å². The van der Waals surface area contributed by atoms with E-state index in [1.165, 1.54) is 0 Å². The zero-order valence-corrected chi connectivity index (χ0v) is 11.0. The Bertz CT molecular complexity index is 365. The van der Waals surface area contributed by atoms with Gasteiger partial charge in [0.1, 0.15) is 11.4 Å². The predicted octanol–water partition coefficient (Wildman–Crippen LogP) is 1.75. The van der Waals surface area contributed by atoms with Crippen LogP contribution in [0.4, 0.5) is 4.79 Å². The number of likely N-dealkylation sites (tertiary alicyclic amines) is 1. The molecule has 0 radical (unpaired) electrons. The zero-order chi connectivity index (χ0) is 13.4. The lowest BCUT2D eigenvalue weighted by molar-refractivity contribution is -0.145. The Kier molecular flexibility index (Phi) is 3.32. The average molecular weight is 241 g/mol. The normalized spacial score (nSPS) is 20.4. The number of rotatable bonds is 0. The minimum absolute atomic E-state index is 0.0829. The molecule has 2 amide bonds. The molecule has 5 nitrogen and oxygen atoms in total. The minimum Gasteiger partial charge on any atom is -0.443 e. The first kappa shape index (κ1) is 13.7. The van der Waals surface area contributed by atoms with Crippen molar-refractivity contribution < 1.29 is 19.1 Å². The fraction of sp³-hybridized carbons (Fsp3) is 0.750. The van der Waals surface area contributed by atoms with Crippen molar-refractivity contribution in [1.82, 2.24) is 4.90 Å². The molecule has 0 aromatic carbocycles. The minimum atomic E-state index is -0.690. The van der Waals surface area contributed by atoms with E-state index in [1.54, 1.807) is 34.6 Å². The quantitative estimate of drug-likeness (QED) is 0.606. The van der Waals surface area contributed by atoms with E-state index in [0.717, 1.165) is 4.90 Å². The van der Waals surface area contributed by atoms with E-state index in [4.69, 9.17) is 4.74 Å². The third kappa shape index (κ3) is 3.28. The van der Waals surface area contributed by atoms with Gasteiger partial charge in [-0.05, 0) is 20.8 Å². The van der Waals surface area contributed by atoms with E-state index >= 15 is 0 Å². The van der Waals surface area contributed by atoms with E-state index in [2.05, 4.69) is 0 Å². The number of Topliss-reactive ketones (excluding diaryl/α,β-unsaturated/α-hetero) is 1. The van der Waals surface area contributed by atoms with Crippen molar-refractivity contribution in [3.8, 4) is 0 Å². The van der Waals surface area contributed by atoms with Crippen LogP contribution in [-0.2, 0) is 14.3 Å². The van der Waals surface area contributed by atoms with Gasteiger partial charge in [-0.25, -0.2) is 9.69 Å². The third-order valence-electron chi connectivity index (χ3n) is 2.53. The first-order valence-corrected chi connectivity index (χ1v) is 5.59. The topological polar surface area (TPSA) is 63.7 Å². The molecule has 0 aliphatic carbocycles. The molecular weight excluding hydrogens is 222 g/mol. The lowest BCUT2D eigenvalue weighted by Gasteiger charge is -2.35. The van der Waals surface area contributed by atoms with Gasteiger partial charge in [-0.1, -0.05) is 13.8 Å². The number of piperidine rings is 1. The highest BCUT2D eigenvalue weighted by Crippen LogP contribution is 2.27. The predicted molar refractivity (Wildman–Crippen MR) is 61.4 cm³/mol. The average Bonchev–Trinajstić information content (AvgIpc) is 2.08. The van der Waals surface area contributed by atoms with Crippen molar-refractivity contribution >= 4 is 17.8 Å².